The average molecular weight is 192 g/mol. The summed E-state index contributed by atoms with van der Waals surface area (Å²) < 4.78 is 7.18. The van der Waals surface area contributed by atoms with E-state index in [2.05, 4.69) is 10.1 Å². The lowest BCUT2D eigenvalue weighted by Crippen LogP contribution is -1.95. The van der Waals surface area contributed by atoms with Crippen LogP contribution in [0, 0.1) is 6.92 Å². The number of hydrogen-bond donors (Lipinski definition) is 1. The van der Waals surface area contributed by atoms with Gasteiger partial charge >= 0.3 is 0 Å². The first-order valence-electron chi connectivity index (χ1n) is 4.36. The van der Waals surface area contributed by atoms with Gasteiger partial charge in [-0.25, -0.2) is 4.98 Å². The number of nitrogens with zero attached hydrogens (tertiary/aromatic N) is 3. The third-order valence-electron chi connectivity index (χ3n) is 1.98. The Hall–Kier alpha value is -1.62. The molecule has 2 aromatic heterocycles. The van der Waals surface area contributed by atoms with E-state index in [1.165, 1.54) is 0 Å². The van der Waals surface area contributed by atoms with Crippen molar-refractivity contribution in [3.8, 4) is 11.5 Å². The second-order valence-electron chi connectivity index (χ2n) is 3.12. The standard InChI is InChI=1S/C9H12N4O/c1-6-3-7(13(2)12-6)8-5-11-9(4-10)14-8/h3,5H,4,10H2,1-2H3. The van der Waals surface area contributed by atoms with Gasteiger partial charge in [-0.2, -0.15) is 5.10 Å². The van der Waals surface area contributed by atoms with Gasteiger partial charge in [0.25, 0.3) is 0 Å². The number of aromatic nitrogens is 3. The molecule has 0 unspecified atom stereocenters. The lowest BCUT2D eigenvalue weighted by atomic mass is 10.3. The van der Waals surface area contributed by atoms with Crippen LogP contribution in [0.3, 0.4) is 0 Å². The summed E-state index contributed by atoms with van der Waals surface area (Å²) in [7, 11) is 1.87. The zero-order chi connectivity index (χ0) is 10.1. The Kier molecular flexibility index (Phi) is 2.09. The van der Waals surface area contributed by atoms with Crippen molar-refractivity contribution >= 4 is 0 Å². The Morgan fingerprint density at radius 3 is 2.86 bits per heavy atom. The normalized spacial score (nSPS) is 10.8. The SMILES string of the molecule is Cc1cc(-c2cnc(CN)o2)n(C)n1. The third-order valence-corrected chi connectivity index (χ3v) is 1.98. The molecule has 2 rings (SSSR count). The summed E-state index contributed by atoms with van der Waals surface area (Å²) in [4.78, 5) is 4.03. The maximum absolute atomic E-state index is 5.42. The van der Waals surface area contributed by atoms with Crippen molar-refractivity contribution < 1.29 is 4.42 Å². The fourth-order valence-electron chi connectivity index (χ4n) is 1.36. The van der Waals surface area contributed by atoms with E-state index in [-0.39, 0.29) is 0 Å². The molecule has 0 saturated carbocycles. The van der Waals surface area contributed by atoms with Gasteiger partial charge in [0.2, 0.25) is 5.89 Å². The molecule has 2 aromatic rings. The topological polar surface area (TPSA) is 69.9 Å². The molecule has 14 heavy (non-hydrogen) atoms. The molecule has 0 spiro atoms. The Bertz CT molecular complexity index is 443. The van der Waals surface area contributed by atoms with Crippen LogP contribution < -0.4 is 5.73 Å². The lowest BCUT2D eigenvalue weighted by molar-refractivity contribution is 0.505. The van der Waals surface area contributed by atoms with Gasteiger partial charge in [0.15, 0.2) is 5.76 Å². The molecule has 0 atom stereocenters. The molecule has 0 aliphatic rings. The summed E-state index contributed by atoms with van der Waals surface area (Å²) in [5.41, 5.74) is 7.27. The Morgan fingerprint density at radius 2 is 2.36 bits per heavy atom. The van der Waals surface area contributed by atoms with Crippen LogP contribution in [0.2, 0.25) is 0 Å². The average Bonchev–Trinajstić information content (AvgIpc) is 2.71. The minimum Gasteiger partial charge on any atom is -0.438 e. The first-order valence-corrected chi connectivity index (χ1v) is 4.36. The van der Waals surface area contributed by atoms with Crippen molar-refractivity contribution in [2.75, 3.05) is 0 Å². The maximum Gasteiger partial charge on any atom is 0.208 e. The molecule has 0 amide bonds. The monoisotopic (exact) mass is 192 g/mol. The summed E-state index contributed by atoms with van der Waals surface area (Å²) in [6, 6.07) is 1.95. The van der Waals surface area contributed by atoms with Crippen molar-refractivity contribution in [2.24, 2.45) is 12.8 Å². The molecule has 0 bridgehead atoms. The van der Waals surface area contributed by atoms with E-state index in [0.29, 0.717) is 18.2 Å². The lowest BCUT2D eigenvalue weighted by Gasteiger charge is -1.94. The second-order valence-corrected chi connectivity index (χ2v) is 3.12. The first-order chi connectivity index (χ1) is 6.70. The highest BCUT2D eigenvalue weighted by atomic mass is 16.4. The van der Waals surface area contributed by atoms with Crippen LogP contribution in [0.25, 0.3) is 11.5 Å². The summed E-state index contributed by atoms with van der Waals surface area (Å²) >= 11 is 0. The predicted octanol–water partition coefficient (Wildman–Crippen LogP) is 0.842. The first kappa shape index (κ1) is 8.96. The molecule has 0 radical (unpaired) electrons. The molecule has 2 N–H and O–H groups in total. The van der Waals surface area contributed by atoms with E-state index >= 15 is 0 Å². The zero-order valence-electron chi connectivity index (χ0n) is 8.19. The minimum absolute atomic E-state index is 0.316. The number of rotatable bonds is 2. The van der Waals surface area contributed by atoms with E-state index < -0.39 is 0 Å². The van der Waals surface area contributed by atoms with Crippen molar-refractivity contribution in [1.29, 1.82) is 0 Å². The molecule has 5 nitrogen and oxygen atoms in total. The minimum atomic E-state index is 0.316. The molecule has 74 valence electrons. The van der Waals surface area contributed by atoms with Gasteiger partial charge < -0.3 is 10.2 Å². The van der Waals surface area contributed by atoms with Gasteiger partial charge in [-0.3, -0.25) is 4.68 Å². The van der Waals surface area contributed by atoms with Gasteiger partial charge in [0, 0.05) is 7.05 Å². The molecule has 0 aliphatic heterocycles. The number of aryl methyl sites for hydroxylation is 2. The van der Waals surface area contributed by atoms with Crippen LogP contribution in [-0.4, -0.2) is 14.8 Å². The molecule has 0 fully saturated rings. The van der Waals surface area contributed by atoms with E-state index in [1.54, 1.807) is 10.9 Å². The molecule has 0 saturated heterocycles. The van der Waals surface area contributed by atoms with Crippen molar-refractivity contribution in [3.05, 3.63) is 23.8 Å². The second kappa shape index (κ2) is 3.26. The zero-order valence-corrected chi connectivity index (χ0v) is 8.19. The molecule has 5 heteroatoms. The van der Waals surface area contributed by atoms with Gasteiger partial charge in [0.1, 0.15) is 5.69 Å². The molecule has 0 aliphatic carbocycles. The fourth-order valence-corrected chi connectivity index (χ4v) is 1.36. The van der Waals surface area contributed by atoms with Gasteiger partial charge in [-0.05, 0) is 13.0 Å². The van der Waals surface area contributed by atoms with Gasteiger partial charge in [0.05, 0.1) is 18.4 Å². The van der Waals surface area contributed by atoms with E-state index in [9.17, 15) is 0 Å². The molecular formula is C9H12N4O. The number of hydrogen-bond acceptors (Lipinski definition) is 4. The Labute approximate surface area is 81.5 Å². The van der Waals surface area contributed by atoms with Crippen LogP contribution in [0.5, 0.6) is 0 Å². The van der Waals surface area contributed by atoms with E-state index in [0.717, 1.165) is 11.4 Å². The molecule has 2 heterocycles. The quantitative estimate of drug-likeness (QED) is 0.765. The van der Waals surface area contributed by atoms with Crippen LogP contribution >= 0.6 is 0 Å². The van der Waals surface area contributed by atoms with Crippen molar-refractivity contribution in [3.63, 3.8) is 0 Å². The molecular weight excluding hydrogens is 180 g/mol. The van der Waals surface area contributed by atoms with Gasteiger partial charge in [-0.1, -0.05) is 0 Å². The number of oxazole rings is 1. The summed E-state index contributed by atoms with van der Waals surface area (Å²) in [5, 5.41) is 4.22. The van der Waals surface area contributed by atoms with Crippen molar-refractivity contribution in [2.45, 2.75) is 13.5 Å². The highest BCUT2D eigenvalue weighted by Gasteiger charge is 2.09. The summed E-state index contributed by atoms with van der Waals surface area (Å²) in [6.07, 6.45) is 1.67. The highest BCUT2D eigenvalue weighted by molar-refractivity contribution is 5.51. The summed E-state index contributed by atoms with van der Waals surface area (Å²) in [6.45, 7) is 2.25. The maximum atomic E-state index is 5.42. The Balaban J connectivity index is 2.43. The van der Waals surface area contributed by atoms with E-state index in [1.807, 2.05) is 20.0 Å². The Morgan fingerprint density at radius 1 is 1.57 bits per heavy atom. The smallest absolute Gasteiger partial charge is 0.208 e. The van der Waals surface area contributed by atoms with E-state index in [4.69, 9.17) is 10.2 Å². The van der Waals surface area contributed by atoms with Crippen LogP contribution in [0.4, 0.5) is 0 Å². The highest BCUT2D eigenvalue weighted by Crippen LogP contribution is 2.20. The third kappa shape index (κ3) is 1.42. The van der Waals surface area contributed by atoms with Crippen LogP contribution in [0.15, 0.2) is 16.7 Å². The summed E-state index contributed by atoms with van der Waals surface area (Å²) in [5.74, 6) is 1.24. The van der Waals surface area contributed by atoms with Crippen LogP contribution in [-0.2, 0) is 13.6 Å². The fraction of sp³-hybridized carbons (Fsp3) is 0.333. The predicted molar refractivity (Wildman–Crippen MR) is 51.3 cm³/mol. The number of nitrogens with two attached hydrogens (primary N) is 1. The van der Waals surface area contributed by atoms with Crippen LogP contribution in [0.1, 0.15) is 11.6 Å². The largest absolute Gasteiger partial charge is 0.438 e. The molecule has 0 aromatic carbocycles. The van der Waals surface area contributed by atoms with Crippen molar-refractivity contribution in [1.82, 2.24) is 14.8 Å². The van der Waals surface area contributed by atoms with Gasteiger partial charge in [-0.15, -0.1) is 0 Å².